The van der Waals surface area contributed by atoms with Crippen molar-refractivity contribution < 1.29 is 17.9 Å². The lowest BCUT2D eigenvalue weighted by atomic mass is 10.00. The van der Waals surface area contributed by atoms with Crippen LogP contribution in [0.1, 0.15) is 23.6 Å². The second kappa shape index (κ2) is 4.38. The molecule has 0 spiro atoms. The van der Waals surface area contributed by atoms with Gasteiger partial charge in [0.15, 0.2) is 0 Å². The number of ether oxygens (including phenoxy) is 1. The molecule has 0 aliphatic carbocycles. The van der Waals surface area contributed by atoms with Gasteiger partial charge in [-0.15, -0.1) is 0 Å². The van der Waals surface area contributed by atoms with Gasteiger partial charge in [0.1, 0.15) is 5.75 Å². The maximum absolute atomic E-state index is 12.3. The summed E-state index contributed by atoms with van der Waals surface area (Å²) in [5.74, 6) is 0.464. The molecule has 0 saturated heterocycles. The molecule has 6 heteroatoms. The molecule has 2 nitrogen and oxygen atoms in total. The SMILES string of the molecule is NC(CC(F)(F)F)c1cc(Cl)cc2c1OCC2. The molecule has 1 aromatic carbocycles. The van der Waals surface area contributed by atoms with Crippen molar-refractivity contribution in [1.29, 1.82) is 0 Å². The lowest BCUT2D eigenvalue weighted by Crippen LogP contribution is -2.20. The van der Waals surface area contributed by atoms with E-state index in [2.05, 4.69) is 0 Å². The van der Waals surface area contributed by atoms with Crippen LogP contribution in [0, 0.1) is 0 Å². The van der Waals surface area contributed by atoms with Crippen molar-refractivity contribution >= 4 is 11.6 Å². The highest BCUT2D eigenvalue weighted by molar-refractivity contribution is 6.30. The van der Waals surface area contributed by atoms with E-state index < -0.39 is 18.6 Å². The standard InChI is InChI=1S/C11H11ClF3NO/c12-7-3-6-1-2-17-10(6)8(4-7)9(16)5-11(13,14)15/h3-4,9H,1-2,5,16H2. The van der Waals surface area contributed by atoms with E-state index in [1.807, 2.05) is 0 Å². The van der Waals surface area contributed by atoms with E-state index in [1.54, 1.807) is 6.07 Å². The van der Waals surface area contributed by atoms with Crippen LogP contribution in [0.2, 0.25) is 5.02 Å². The van der Waals surface area contributed by atoms with E-state index >= 15 is 0 Å². The van der Waals surface area contributed by atoms with Crippen molar-refractivity contribution in [3.8, 4) is 5.75 Å². The Labute approximate surface area is 102 Å². The molecule has 1 heterocycles. The highest BCUT2D eigenvalue weighted by atomic mass is 35.5. The Morgan fingerprint density at radius 2 is 2.12 bits per heavy atom. The van der Waals surface area contributed by atoms with E-state index in [-0.39, 0.29) is 0 Å². The first-order valence-corrected chi connectivity index (χ1v) is 5.52. The third kappa shape index (κ3) is 2.84. The van der Waals surface area contributed by atoms with Crippen molar-refractivity contribution in [2.45, 2.75) is 25.1 Å². The van der Waals surface area contributed by atoms with Gasteiger partial charge < -0.3 is 10.5 Å². The number of rotatable bonds is 2. The quantitative estimate of drug-likeness (QED) is 0.891. The molecule has 0 saturated carbocycles. The normalized spacial score (nSPS) is 16.5. The molecule has 0 aromatic heterocycles. The summed E-state index contributed by atoms with van der Waals surface area (Å²) in [7, 11) is 0. The molecule has 1 aliphatic rings. The lowest BCUT2D eigenvalue weighted by Gasteiger charge is -2.17. The summed E-state index contributed by atoms with van der Waals surface area (Å²) in [6.07, 6.45) is -4.72. The molecule has 2 N–H and O–H groups in total. The van der Waals surface area contributed by atoms with Crippen LogP contribution in [0.3, 0.4) is 0 Å². The second-order valence-electron chi connectivity index (χ2n) is 4.01. The smallest absolute Gasteiger partial charge is 0.390 e. The van der Waals surface area contributed by atoms with Crippen LogP contribution < -0.4 is 10.5 Å². The monoisotopic (exact) mass is 265 g/mol. The molecule has 1 atom stereocenters. The number of hydrogen-bond acceptors (Lipinski definition) is 2. The fourth-order valence-electron chi connectivity index (χ4n) is 1.93. The van der Waals surface area contributed by atoms with Gasteiger partial charge in [-0.25, -0.2) is 0 Å². The van der Waals surface area contributed by atoms with Crippen molar-refractivity contribution in [2.75, 3.05) is 6.61 Å². The summed E-state index contributed by atoms with van der Waals surface area (Å²) in [5, 5.41) is 0.391. The van der Waals surface area contributed by atoms with Crippen LogP contribution in [0.25, 0.3) is 0 Å². The summed E-state index contributed by atoms with van der Waals surface area (Å²) < 4.78 is 42.2. The third-order valence-electron chi connectivity index (χ3n) is 2.63. The molecule has 17 heavy (non-hydrogen) atoms. The average Bonchev–Trinajstić information content (AvgIpc) is 2.60. The number of fused-ring (bicyclic) bond motifs is 1. The number of hydrogen-bond donors (Lipinski definition) is 1. The Balaban J connectivity index is 2.32. The van der Waals surface area contributed by atoms with Gasteiger partial charge in [-0.3, -0.25) is 0 Å². The highest BCUT2D eigenvalue weighted by Gasteiger charge is 2.33. The Kier molecular flexibility index (Phi) is 3.23. The minimum absolute atomic E-state index is 0.335. The van der Waals surface area contributed by atoms with Crippen LogP contribution >= 0.6 is 11.6 Å². The maximum Gasteiger partial charge on any atom is 0.390 e. The molecule has 1 aliphatic heterocycles. The van der Waals surface area contributed by atoms with Crippen molar-refractivity contribution in [1.82, 2.24) is 0 Å². The van der Waals surface area contributed by atoms with Crippen molar-refractivity contribution in [3.63, 3.8) is 0 Å². The van der Waals surface area contributed by atoms with E-state index in [1.165, 1.54) is 6.07 Å². The van der Waals surface area contributed by atoms with Gasteiger partial charge in [0.05, 0.1) is 13.0 Å². The molecule has 1 unspecified atom stereocenters. The Morgan fingerprint density at radius 3 is 2.76 bits per heavy atom. The van der Waals surface area contributed by atoms with Gasteiger partial charge in [-0.2, -0.15) is 13.2 Å². The zero-order chi connectivity index (χ0) is 12.6. The molecule has 0 radical (unpaired) electrons. The molecular formula is C11H11ClF3NO. The summed E-state index contributed by atoms with van der Waals surface area (Å²) in [6.45, 7) is 0.460. The average molecular weight is 266 g/mol. The van der Waals surface area contributed by atoms with Crippen LogP contribution in [0.15, 0.2) is 12.1 Å². The zero-order valence-corrected chi connectivity index (χ0v) is 9.61. The Hall–Kier alpha value is -0.940. The second-order valence-corrected chi connectivity index (χ2v) is 4.44. The third-order valence-corrected chi connectivity index (χ3v) is 2.85. The van der Waals surface area contributed by atoms with Crippen molar-refractivity contribution in [3.05, 3.63) is 28.3 Å². The number of halogens is 4. The van der Waals surface area contributed by atoms with Crippen molar-refractivity contribution in [2.24, 2.45) is 5.73 Å². The van der Waals surface area contributed by atoms with Gasteiger partial charge in [-0.1, -0.05) is 11.6 Å². The first-order chi connectivity index (χ1) is 7.87. The first-order valence-electron chi connectivity index (χ1n) is 5.14. The molecule has 94 valence electrons. The lowest BCUT2D eigenvalue weighted by molar-refractivity contribution is -0.138. The summed E-state index contributed by atoms with van der Waals surface area (Å²) in [4.78, 5) is 0. The fraction of sp³-hybridized carbons (Fsp3) is 0.455. The largest absolute Gasteiger partial charge is 0.493 e. The van der Waals surface area contributed by atoms with Crippen LogP contribution in [-0.4, -0.2) is 12.8 Å². The summed E-state index contributed by atoms with van der Waals surface area (Å²) >= 11 is 5.85. The highest BCUT2D eigenvalue weighted by Crippen LogP contribution is 2.38. The van der Waals surface area contributed by atoms with Crippen LogP contribution in [-0.2, 0) is 6.42 Å². The molecule has 0 fully saturated rings. The number of nitrogens with two attached hydrogens (primary N) is 1. The summed E-state index contributed by atoms with van der Waals surface area (Å²) in [6, 6.07) is 2.01. The van der Waals surface area contributed by atoms with Crippen LogP contribution in [0.4, 0.5) is 13.2 Å². The van der Waals surface area contributed by atoms with E-state index in [9.17, 15) is 13.2 Å². The van der Waals surface area contributed by atoms with Gasteiger partial charge in [0.25, 0.3) is 0 Å². The molecule has 0 bridgehead atoms. The first kappa shape index (κ1) is 12.5. The van der Waals surface area contributed by atoms with E-state index in [4.69, 9.17) is 22.1 Å². The van der Waals surface area contributed by atoms with Gasteiger partial charge >= 0.3 is 6.18 Å². The summed E-state index contributed by atoms with van der Waals surface area (Å²) in [5.41, 5.74) is 6.72. The fourth-order valence-corrected chi connectivity index (χ4v) is 2.18. The molecule has 1 aromatic rings. The van der Waals surface area contributed by atoms with E-state index in [0.29, 0.717) is 29.4 Å². The van der Waals surface area contributed by atoms with Gasteiger partial charge in [-0.05, 0) is 17.7 Å². The Bertz CT molecular complexity index is 433. The topological polar surface area (TPSA) is 35.2 Å². The van der Waals surface area contributed by atoms with Gasteiger partial charge in [0.2, 0.25) is 0 Å². The minimum atomic E-state index is -4.30. The predicted octanol–water partition coefficient (Wildman–Crippen LogP) is 3.23. The maximum atomic E-state index is 12.3. The minimum Gasteiger partial charge on any atom is -0.493 e. The number of alkyl halides is 3. The predicted molar refractivity (Wildman–Crippen MR) is 58.3 cm³/mol. The van der Waals surface area contributed by atoms with E-state index in [0.717, 1.165) is 5.56 Å². The zero-order valence-electron chi connectivity index (χ0n) is 8.85. The van der Waals surface area contributed by atoms with Gasteiger partial charge in [0, 0.05) is 23.0 Å². The molecule has 0 amide bonds. The van der Waals surface area contributed by atoms with Crippen LogP contribution in [0.5, 0.6) is 5.75 Å². The molecule has 2 rings (SSSR count). The Morgan fingerprint density at radius 1 is 1.41 bits per heavy atom. The molecular weight excluding hydrogens is 255 g/mol. The number of benzene rings is 1.